The van der Waals surface area contributed by atoms with Gasteiger partial charge in [0.05, 0.1) is 4.90 Å². The molecule has 2 heterocycles. The Labute approximate surface area is 139 Å². The van der Waals surface area contributed by atoms with Gasteiger partial charge >= 0.3 is 0 Å². The molecule has 0 bridgehead atoms. The van der Waals surface area contributed by atoms with E-state index in [9.17, 15) is 13.2 Å². The maximum absolute atomic E-state index is 12.4. The molecule has 0 aliphatic carbocycles. The van der Waals surface area contributed by atoms with Crippen molar-refractivity contribution in [2.45, 2.75) is 11.3 Å². The van der Waals surface area contributed by atoms with Gasteiger partial charge in [0.15, 0.2) is 0 Å². The summed E-state index contributed by atoms with van der Waals surface area (Å²) in [6, 6.07) is 6.81. The van der Waals surface area contributed by atoms with Crippen LogP contribution in [-0.2, 0) is 21.2 Å². The van der Waals surface area contributed by atoms with Crippen LogP contribution in [0.2, 0.25) is 0 Å². The van der Waals surface area contributed by atoms with Gasteiger partial charge in [0, 0.05) is 18.3 Å². The molecule has 0 atom stereocenters. The number of sulfonamides is 1. The number of carbonyl (C=O) groups is 1. The molecule has 3 rings (SSSR count). The smallest absolute Gasteiger partial charge is 0.251 e. The molecule has 0 spiro atoms. The molecular weight excluding hydrogens is 332 g/mol. The Hall–Kier alpha value is -1.96. The number of benzene rings is 1. The normalized spacial score (nSPS) is 14.4. The van der Waals surface area contributed by atoms with Crippen molar-refractivity contribution in [3.63, 3.8) is 0 Å². The average Bonchev–Trinajstić information content (AvgIpc) is 3.21. The molecule has 0 unspecified atom stereocenters. The lowest BCUT2D eigenvalue weighted by Gasteiger charge is -2.15. The number of anilines is 1. The standard InChI is InChI=1S/C16H16N2O3S2/c1-17-23(20,21)14-3-4-15-13(10-14)6-8-18(15)16(19)5-2-12-7-9-22-11-12/h2-5,7,9-11,17H,6,8H2,1H3/b5-2-. The first kappa shape index (κ1) is 15.9. The van der Waals surface area contributed by atoms with E-state index in [2.05, 4.69) is 4.72 Å². The van der Waals surface area contributed by atoms with Gasteiger partial charge in [-0.15, -0.1) is 0 Å². The van der Waals surface area contributed by atoms with Gasteiger partial charge < -0.3 is 4.90 Å². The summed E-state index contributed by atoms with van der Waals surface area (Å²) in [6.45, 7) is 0.561. The van der Waals surface area contributed by atoms with Gasteiger partial charge in [0.25, 0.3) is 5.91 Å². The van der Waals surface area contributed by atoms with Gasteiger partial charge in [-0.25, -0.2) is 13.1 Å². The van der Waals surface area contributed by atoms with Crippen LogP contribution >= 0.6 is 11.3 Å². The van der Waals surface area contributed by atoms with Crippen LogP contribution in [0, 0.1) is 0 Å². The molecule has 0 saturated carbocycles. The molecule has 1 aromatic carbocycles. The predicted octanol–water partition coefficient (Wildman–Crippen LogP) is 2.26. The van der Waals surface area contributed by atoms with E-state index in [-0.39, 0.29) is 10.8 Å². The molecule has 120 valence electrons. The van der Waals surface area contributed by atoms with Crippen molar-refractivity contribution in [1.82, 2.24) is 4.72 Å². The fourth-order valence-electron chi connectivity index (χ4n) is 2.52. The Balaban J connectivity index is 1.83. The molecule has 1 aromatic heterocycles. The third kappa shape index (κ3) is 3.21. The topological polar surface area (TPSA) is 66.5 Å². The van der Waals surface area contributed by atoms with E-state index in [0.717, 1.165) is 16.8 Å². The highest BCUT2D eigenvalue weighted by atomic mass is 32.2. The zero-order valence-electron chi connectivity index (χ0n) is 12.5. The van der Waals surface area contributed by atoms with Crippen LogP contribution in [0.25, 0.3) is 6.08 Å². The van der Waals surface area contributed by atoms with Crippen molar-refractivity contribution in [2.75, 3.05) is 18.5 Å². The summed E-state index contributed by atoms with van der Waals surface area (Å²) in [6.07, 6.45) is 3.99. The minimum Gasteiger partial charge on any atom is -0.308 e. The maximum Gasteiger partial charge on any atom is 0.251 e. The monoisotopic (exact) mass is 348 g/mol. The zero-order valence-corrected chi connectivity index (χ0v) is 14.2. The number of hydrogen-bond donors (Lipinski definition) is 1. The van der Waals surface area contributed by atoms with Gasteiger partial charge in [-0.2, -0.15) is 11.3 Å². The number of nitrogens with one attached hydrogen (secondary N) is 1. The molecular formula is C16H16N2O3S2. The molecule has 1 aliphatic heterocycles. The van der Waals surface area contributed by atoms with Gasteiger partial charge in [0.2, 0.25) is 10.0 Å². The first-order valence-electron chi connectivity index (χ1n) is 7.09. The van der Waals surface area contributed by atoms with Crippen LogP contribution < -0.4 is 9.62 Å². The number of carbonyl (C=O) groups excluding carboxylic acids is 1. The first-order chi connectivity index (χ1) is 11.0. The summed E-state index contributed by atoms with van der Waals surface area (Å²) in [7, 11) is -2.08. The summed E-state index contributed by atoms with van der Waals surface area (Å²) < 4.78 is 26.0. The minimum atomic E-state index is -3.46. The molecule has 1 N–H and O–H groups in total. The number of fused-ring (bicyclic) bond motifs is 1. The van der Waals surface area contributed by atoms with Crippen LogP contribution in [0.4, 0.5) is 5.69 Å². The van der Waals surface area contributed by atoms with Crippen molar-refractivity contribution in [2.24, 2.45) is 0 Å². The molecule has 5 nitrogen and oxygen atoms in total. The summed E-state index contributed by atoms with van der Waals surface area (Å²) in [4.78, 5) is 14.3. The van der Waals surface area contributed by atoms with E-state index in [1.165, 1.54) is 13.1 Å². The first-order valence-corrected chi connectivity index (χ1v) is 9.52. The SMILES string of the molecule is CNS(=O)(=O)c1ccc2c(c1)CCN2C(=O)/C=C\c1ccsc1. The van der Waals surface area contributed by atoms with Crippen LogP contribution in [0.5, 0.6) is 0 Å². The quantitative estimate of drug-likeness (QED) is 0.862. The van der Waals surface area contributed by atoms with Crippen molar-refractivity contribution >= 4 is 39.0 Å². The van der Waals surface area contributed by atoms with Crippen LogP contribution in [0.15, 0.2) is 46.0 Å². The molecule has 1 amide bonds. The summed E-state index contributed by atoms with van der Waals surface area (Å²) in [5, 5.41) is 3.93. The van der Waals surface area contributed by atoms with Crippen molar-refractivity contribution < 1.29 is 13.2 Å². The number of hydrogen-bond acceptors (Lipinski definition) is 4. The molecule has 7 heteroatoms. The second kappa shape index (κ2) is 6.27. The number of thiophene rings is 1. The summed E-state index contributed by atoms with van der Waals surface area (Å²) >= 11 is 1.58. The van der Waals surface area contributed by atoms with Crippen LogP contribution in [0.3, 0.4) is 0 Å². The Kier molecular flexibility index (Phi) is 4.34. The van der Waals surface area contributed by atoms with Crippen molar-refractivity contribution in [1.29, 1.82) is 0 Å². The highest BCUT2D eigenvalue weighted by molar-refractivity contribution is 7.89. The lowest BCUT2D eigenvalue weighted by atomic mass is 10.2. The third-order valence-electron chi connectivity index (χ3n) is 3.75. The highest BCUT2D eigenvalue weighted by Gasteiger charge is 2.25. The number of amides is 1. The zero-order chi connectivity index (χ0) is 16.4. The van der Waals surface area contributed by atoms with Gasteiger partial charge in [-0.3, -0.25) is 4.79 Å². The lowest BCUT2D eigenvalue weighted by molar-refractivity contribution is -0.114. The second-order valence-corrected chi connectivity index (χ2v) is 7.79. The van der Waals surface area contributed by atoms with E-state index in [4.69, 9.17) is 0 Å². The second-order valence-electron chi connectivity index (χ2n) is 5.13. The Morgan fingerprint density at radius 1 is 1.35 bits per heavy atom. The summed E-state index contributed by atoms with van der Waals surface area (Å²) in [5.74, 6) is -0.0980. The van der Waals surface area contributed by atoms with E-state index >= 15 is 0 Å². The molecule has 1 aliphatic rings. The summed E-state index contributed by atoms with van der Waals surface area (Å²) in [5.41, 5.74) is 2.65. The lowest BCUT2D eigenvalue weighted by Crippen LogP contribution is -2.26. The van der Waals surface area contributed by atoms with Crippen molar-refractivity contribution in [3.05, 3.63) is 52.2 Å². The Morgan fingerprint density at radius 3 is 2.87 bits per heavy atom. The van der Waals surface area contributed by atoms with Gasteiger partial charge in [-0.05, 0) is 65.7 Å². The van der Waals surface area contributed by atoms with Crippen LogP contribution in [-0.4, -0.2) is 27.9 Å². The fourth-order valence-corrected chi connectivity index (χ4v) is 3.93. The average molecular weight is 348 g/mol. The molecule has 0 radical (unpaired) electrons. The van der Waals surface area contributed by atoms with E-state index < -0.39 is 10.0 Å². The van der Waals surface area contributed by atoms with Crippen molar-refractivity contribution in [3.8, 4) is 0 Å². The highest BCUT2D eigenvalue weighted by Crippen LogP contribution is 2.30. The van der Waals surface area contributed by atoms with E-state index in [0.29, 0.717) is 13.0 Å². The maximum atomic E-state index is 12.4. The Bertz CT molecular complexity index is 855. The fraction of sp³-hybridized carbons (Fsp3) is 0.188. The van der Waals surface area contributed by atoms with Gasteiger partial charge in [0.1, 0.15) is 0 Å². The van der Waals surface area contributed by atoms with Crippen LogP contribution in [0.1, 0.15) is 11.1 Å². The minimum absolute atomic E-state index is 0.0980. The van der Waals surface area contributed by atoms with Gasteiger partial charge in [-0.1, -0.05) is 0 Å². The number of nitrogens with zero attached hydrogens (tertiary/aromatic N) is 1. The molecule has 2 aromatic rings. The largest absolute Gasteiger partial charge is 0.308 e. The van der Waals surface area contributed by atoms with E-state index in [1.807, 2.05) is 16.8 Å². The molecule has 0 saturated heterocycles. The molecule has 0 fully saturated rings. The number of rotatable bonds is 4. The Morgan fingerprint density at radius 2 is 2.17 bits per heavy atom. The third-order valence-corrected chi connectivity index (χ3v) is 5.87. The predicted molar refractivity (Wildman–Crippen MR) is 92.1 cm³/mol. The molecule has 23 heavy (non-hydrogen) atoms. The van der Waals surface area contributed by atoms with E-state index in [1.54, 1.807) is 40.5 Å².